The fourth-order valence-electron chi connectivity index (χ4n) is 3.79. The number of fused-ring (bicyclic) bond motifs is 1. The monoisotopic (exact) mass is 431 g/mol. The Balaban J connectivity index is 1.47. The van der Waals surface area contributed by atoms with E-state index in [1.807, 2.05) is 36.1 Å². The van der Waals surface area contributed by atoms with E-state index >= 15 is 0 Å². The number of hydrogen-bond acceptors (Lipinski definition) is 4. The highest BCUT2D eigenvalue weighted by molar-refractivity contribution is 7.89. The number of H-pyrrole nitrogens is 1. The maximum Gasteiger partial charge on any atom is 0.244 e. The molecule has 1 aromatic heterocycles. The van der Waals surface area contributed by atoms with E-state index in [4.69, 9.17) is 11.6 Å². The van der Waals surface area contributed by atoms with Crippen molar-refractivity contribution in [2.24, 2.45) is 0 Å². The van der Waals surface area contributed by atoms with Crippen LogP contribution < -0.4 is 0 Å². The maximum atomic E-state index is 13.1. The number of nitrogens with zero attached hydrogens (tertiary/aromatic N) is 2. The Kier molecular flexibility index (Phi) is 5.48. The van der Waals surface area contributed by atoms with Crippen molar-refractivity contribution < 1.29 is 13.2 Å². The van der Waals surface area contributed by atoms with E-state index in [1.165, 1.54) is 10.4 Å². The Hall–Kier alpha value is -2.19. The molecule has 3 aromatic rings. The maximum absolute atomic E-state index is 13.1. The SMILES string of the molecule is CC(C(=O)c1c[nH]c2ccccc12)N1CCN(S(=O)(=O)c2ccccc2Cl)CC1. The fraction of sp³-hybridized carbons (Fsp3) is 0.286. The standard InChI is InChI=1S/C21H22ClN3O3S/c1-15(21(26)17-14-23-19-8-4-2-6-16(17)19)24-10-12-25(13-11-24)29(27,28)20-9-5-3-7-18(20)22/h2-9,14-15,23H,10-13H2,1H3. The van der Waals surface area contributed by atoms with Crippen LogP contribution in [0.1, 0.15) is 17.3 Å². The lowest BCUT2D eigenvalue weighted by Crippen LogP contribution is -2.53. The number of sulfonamides is 1. The topological polar surface area (TPSA) is 73.5 Å². The summed E-state index contributed by atoms with van der Waals surface area (Å²) < 4.78 is 27.2. The lowest BCUT2D eigenvalue weighted by atomic mass is 10.0. The third kappa shape index (κ3) is 3.71. The Morgan fingerprint density at radius 1 is 1.03 bits per heavy atom. The summed E-state index contributed by atoms with van der Waals surface area (Å²) in [6.45, 7) is 3.48. The molecule has 2 aromatic carbocycles. The summed E-state index contributed by atoms with van der Waals surface area (Å²) in [5, 5.41) is 1.13. The fourth-order valence-corrected chi connectivity index (χ4v) is 5.71. The molecule has 0 radical (unpaired) electrons. The van der Waals surface area contributed by atoms with Crippen molar-refractivity contribution in [3.8, 4) is 0 Å². The number of aromatic nitrogens is 1. The Labute approximate surface area is 175 Å². The van der Waals surface area contributed by atoms with E-state index in [0.29, 0.717) is 31.7 Å². The highest BCUT2D eigenvalue weighted by Gasteiger charge is 2.33. The van der Waals surface area contributed by atoms with Crippen molar-refractivity contribution in [2.45, 2.75) is 17.9 Å². The smallest absolute Gasteiger partial charge is 0.244 e. The van der Waals surface area contributed by atoms with Gasteiger partial charge in [0.05, 0.1) is 11.1 Å². The van der Waals surface area contributed by atoms with Gasteiger partial charge in [-0.2, -0.15) is 4.31 Å². The van der Waals surface area contributed by atoms with E-state index in [0.717, 1.165) is 10.9 Å². The number of nitrogens with one attached hydrogen (secondary N) is 1. The van der Waals surface area contributed by atoms with Gasteiger partial charge >= 0.3 is 0 Å². The van der Waals surface area contributed by atoms with Crippen molar-refractivity contribution in [3.63, 3.8) is 0 Å². The largest absolute Gasteiger partial charge is 0.360 e. The minimum Gasteiger partial charge on any atom is -0.360 e. The van der Waals surface area contributed by atoms with E-state index < -0.39 is 10.0 Å². The molecule has 2 heterocycles. The number of ketones is 1. The average molecular weight is 432 g/mol. The van der Waals surface area contributed by atoms with Gasteiger partial charge in [0.1, 0.15) is 4.90 Å². The minimum atomic E-state index is -3.65. The molecular formula is C21H22ClN3O3S. The summed E-state index contributed by atoms with van der Waals surface area (Å²) in [7, 11) is -3.65. The molecule has 1 atom stereocenters. The van der Waals surface area contributed by atoms with E-state index in [-0.39, 0.29) is 21.7 Å². The first kappa shape index (κ1) is 20.1. The van der Waals surface area contributed by atoms with E-state index in [9.17, 15) is 13.2 Å². The van der Waals surface area contributed by atoms with Crippen LogP contribution in [0.5, 0.6) is 0 Å². The van der Waals surface area contributed by atoms with Crippen LogP contribution in [0.4, 0.5) is 0 Å². The first-order chi connectivity index (χ1) is 13.9. The van der Waals surface area contributed by atoms with Gasteiger partial charge < -0.3 is 4.98 Å². The molecule has 1 unspecified atom stereocenters. The zero-order chi connectivity index (χ0) is 20.6. The molecular weight excluding hydrogens is 410 g/mol. The summed E-state index contributed by atoms with van der Waals surface area (Å²) in [6.07, 6.45) is 1.75. The van der Waals surface area contributed by atoms with E-state index in [1.54, 1.807) is 24.4 Å². The molecule has 29 heavy (non-hydrogen) atoms. The molecule has 0 saturated carbocycles. The summed E-state index contributed by atoms with van der Waals surface area (Å²) in [4.78, 5) is 18.3. The zero-order valence-corrected chi connectivity index (χ0v) is 17.6. The molecule has 0 spiro atoms. The lowest BCUT2D eigenvalue weighted by Gasteiger charge is -2.36. The van der Waals surface area contributed by atoms with Gasteiger partial charge in [0.15, 0.2) is 5.78 Å². The number of carbonyl (C=O) groups is 1. The van der Waals surface area contributed by atoms with Gasteiger partial charge in [-0.25, -0.2) is 8.42 Å². The molecule has 0 bridgehead atoms. The number of benzene rings is 2. The summed E-state index contributed by atoms with van der Waals surface area (Å²) >= 11 is 6.09. The highest BCUT2D eigenvalue weighted by Crippen LogP contribution is 2.26. The molecule has 0 aliphatic carbocycles. The van der Waals surface area contributed by atoms with Crippen LogP contribution in [0.15, 0.2) is 59.6 Å². The normalized spacial score (nSPS) is 17.4. The molecule has 1 fully saturated rings. The van der Waals surface area contributed by atoms with Crippen molar-refractivity contribution in [3.05, 3.63) is 65.3 Å². The number of hydrogen-bond donors (Lipinski definition) is 1. The molecule has 1 saturated heterocycles. The second kappa shape index (κ2) is 7.91. The number of carbonyl (C=O) groups excluding carboxylic acids is 1. The second-order valence-electron chi connectivity index (χ2n) is 7.16. The first-order valence-electron chi connectivity index (χ1n) is 9.48. The zero-order valence-electron chi connectivity index (χ0n) is 16.0. The summed E-state index contributed by atoms with van der Waals surface area (Å²) in [5.74, 6) is 0.0323. The Morgan fingerprint density at radius 3 is 2.41 bits per heavy atom. The number of rotatable bonds is 5. The lowest BCUT2D eigenvalue weighted by molar-refractivity contribution is 0.0784. The van der Waals surface area contributed by atoms with Gasteiger partial charge in [-0.1, -0.05) is 41.9 Å². The predicted octanol–water partition coefficient (Wildman–Crippen LogP) is 3.40. The van der Waals surface area contributed by atoms with Gasteiger partial charge in [0.2, 0.25) is 10.0 Å². The number of aromatic amines is 1. The van der Waals surface area contributed by atoms with Crippen LogP contribution in [-0.2, 0) is 10.0 Å². The summed E-state index contributed by atoms with van der Waals surface area (Å²) in [5.41, 5.74) is 1.60. The van der Waals surface area contributed by atoms with Crippen LogP contribution in [0.2, 0.25) is 5.02 Å². The van der Waals surface area contributed by atoms with Crippen LogP contribution in [0.3, 0.4) is 0 Å². The number of halogens is 1. The van der Waals surface area contributed by atoms with Crippen molar-refractivity contribution in [2.75, 3.05) is 26.2 Å². The third-order valence-corrected chi connectivity index (χ3v) is 7.91. The van der Waals surface area contributed by atoms with Crippen molar-refractivity contribution >= 4 is 38.3 Å². The average Bonchev–Trinajstić information content (AvgIpc) is 3.17. The predicted molar refractivity (Wildman–Crippen MR) is 114 cm³/mol. The Bertz CT molecular complexity index is 1150. The highest BCUT2D eigenvalue weighted by atomic mass is 35.5. The number of Topliss-reactive ketones (excluding diaryl/α,β-unsaturated/α-hetero) is 1. The molecule has 1 aliphatic rings. The number of piperazine rings is 1. The van der Waals surface area contributed by atoms with Gasteiger partial charge in [-0.05, 0) is 25.1 Å². The Morgan fingerprint density at radius 2 is 1.69 bits per heavy atom. The van der Waals surface area contributed by atoms with Gasteiger partial charge in [-0.15, -0.1) is 0 Å². The number of para-hydroxylation sites is 1. The van der Waals surface area contributed by atoms with Crippen molar-refractivity contribution in [1.82, 2.24) is 14.2 Å². The molecule has 6 nitrogen and oxygen atoms in total. The molecule has 0 amide bonds. The molecule has 152 valence electrons. The van der Waals surface area contributed by atoms with Crippen LogP contribution in [-0.4, -0.2) is 60.6 Å². The molecule has 4 rings (SSSR count). The first-order valence-corrected chi connectivity index (χ1v) is 11.3. The summed E-state index contributed by atoms with van der Waals surface area (Å²) in [6, 6.07) is 13.8. The minimum absolute atomic E-state index is 0.0323. The van der Waals surface area contributed by atoms with Gasteiger partial charge in [0.25, 0.3) is 0 Å². The second-order valence-corrected chi connectivity index (χ2v) is 9.47. The van der Waals surface area contributed by atoms with Crippen LogP contribution in [0, 0.1) is 0 Å². The van der Waals surface area contributed by atoms with Crippen LogP contribution in [0.25, 0.3) is 10.9 Å². The molecule has 1 N–H and O–H groups in total. The van der Waals surface area contributed by atoms with Crippen molar-refractivity contribution in [1.29, 1.82) is 0 Å². The van der Waals surface area contributed by atoms with Gasteiger partial charge in [-0.3, -0.25) is 9.69 Å². The molecule has 1 aliphatic heterocycles. The van der Waals surface area contributed by atoms with Crippen LogP contribution >= 0.6 is 11.6 Å². The van der Waals surface area contributed by atoms with Gasteiger partial charge in [0, 0.05) is 48.8 Å². The van der Waals surface area contributed by atoms with E-state index in [2.05, 4.69) is 4.98 Å². The quantitative estimate of drug-likeness (QED) is 0.628. The third-order valence-electron chi connectivity index (χ3n) is 5.51. The molecule has 8 heteroatoms.